The van der Waals surface area contributed by atoms with E-state index in [9.17, 15) is 4.79 Å². The zero-order valence-corrected chi connectivity index (χ0v) is 10.3. The van der Waals surface area contributed by atoms with Gasteiger partial charge in [-0.2, -0.15) is 5.26 Å². The lowest BCUT2D eigenvalue weighted by molar-refractivity contribution is -0.129. The van der Waals surface area contributed by atoms with Crippen molar-refractivity contribution in [3.05, 3.63) is 17.8 Å². The number of aromatic nitrogens is 2. The highest BCUT2D eigenvalue weighted by atomic mass is 16.2. The Morgan fingerprint density at radius 3 is 3.06 bits per heavy atom. The number of rotatable bonds is 3. The number of nitrogens with zero attached hydrogens (tertiary/aromatic N) is 4. The van der Waals surface area contributed by atoms with Crippen LogP contribution in [0.15, 0.2) is 12.1 Å². The molecule has 0 radical (unpaired) electrons. The van der Waals surface area contributed by atoms with E-state index < -0.39 is 0 Å². The fourth-order valence-corrected chi connectivity index (χ4v) is 2.01. The number of hydrogen-bond donors (Lipinski definition) is 1. The van der Waals surface area contributed by atoms with E-state index in [4.69, 9.17) is 5.26 Å². The number of nitrogens with one attached hydrogen (secondary N) is 1. The summed E-state index contributed by atoms with van der Waals surface area (Å²) in [5.74, 6) is 0.829. The summed E-state index contributed by atoms with van der Waals surface area (Å²) < 4.78 is 0. The minimum absolute atomic E-state index is 0.185. The Morgan fingerprint density at radius 2 is 2.44 bits per heavy atom. The summed E-state index contributed by atoms with van der Waals surface area (Å²) in [5, 5.41) is 19.5. The van der Waals surface area contributed by atoms with Gasteiger partial charge in [0.1, 0.15) is 11.9 Å². The molecule has 1 unspecified atom stereocenters. The predicted octanol–water partition coefficient (Wildman–Crippen LogP) is 0.771. The van der Waals surface area contributed by atoms with Crippen LogP contribution in [-0.4, -0.2) is 40.1 Å². The van der Waals surface area contributed by atoms with E-state index >= 15 is 0 Å². The first-order valence-electron chi connectivity index (χ1n) is 6.01. The van der Waals surface area contributed by atoms with Gasteiger partial charge in [0.15, 0.2) is 5.69 Å². The third-order valence-corrected chi connectivity index (χ3v) is 2.97. The van der Waals surface area contributed by atoms with Crippen molar-refractivity contribution in [2.75, 3.05) is 18.4 Å². The van der Waals surface area contributed by atoms with Crippen molar-refractivity contribution in [1.29, 1.82) is 5.26 Å². The van der Waals surface area contributed by atoms with Crippen LogP contribution in [0.4, 0.5) is 5.82 Å². The second kappa shape index (κ2) is 5.45. The molecule has 0 saturated carbocycles. The number of hydrogen-bond acceptors (Lipinski definition) is 5. The molecule has 1 amide bonds. The summed E-state index contributed by atoms with van der Waals surface area (Å²) in [6.07, 6.45) is 1.46. The zero-order valence-electron chi connectivity index (χ0n) is 10.3. The van der Waals surface area contributed by atoms with Gasteiger partial charge in [0.2, 0.25) is 5.91 Å². The minimum atomic E-state index is 0.185. The van der Waals surface area contributed by atoms with E-state index in [0.717, 1.165) is 13.0 Å². The fourth-order valence-electron chi connectivity index (χ4n) is 2.01. The summed E-state index contributed by atoms with van der Waals surface area (Å²) in [6, 6.07) is 5.49. The largest absolute Gasteiger partial charge is 0.364 e. The molecule has 2 rings (SSSR count). The molecule has 94 valence electrons. The highest BCUT2D eigenvalue weighted by Crippen LogP contribution is 2.14. The topological polar surface area (TPSA) is 81.9 Å². The third kappa shape index (κ3) is 2.74. The van der Waals surface area contributed by atoms with E-state index in [-0.39, 0.29) is 11.9 Å². The van der Waals surface area contributed by atoms with Crippen LogP contribution in [0.1, 0.15) is 25.5 Å². The lowest BCUT2D eigenvalue weighted by atomic mass is 10.2. The molecule has 6 nitrogen and oxygen atoms in total. The Morgan fingerprint density at radius 1 is 1.61 bits per heavy atom. The van der Waals surface area contributed by atoms with Gasteiger partial charge in [-0.3, -0.25) is 4.79 Å². The molecule has 1 atom stereocenters. The van der Waals surface area contributed by atoms with Crippen LogP contribution < -0.4 is 5.32 Å². The fraction of sp³-hybridized carbons (Fsp3) is 0.500. The lowest BCUT2D eigenvalue weighted by Gasteiger charge is -2.16. The Bertz CT molecular complexity index is 464. The molecule has 0 bridgehead atoms. The number of nitriles is 1. The van der Waals surface area contributed by atoms with E-state index in [1.807, 2.05) is 17.9 Å². The second-order valence-electron chi connectivity index (χ2n) is 4.24. The maximum atomic E-state index is 11.5. The van der Waals surface area contributed by atoms with Crippen molar-refractivity contribution in [3.63, 3.8) is 0 Å². The first-order chi connectivity index (χ1) is 8.72. The molecule has 1 aromatic heterocycles. The van der Waals surface area contributed by atoms with Crippen LogP contribution in [0.5, 0.6) is 0 Å². The molecule has 6 heteroatoms. The molecule has 1 aromatic rings. The minimum Gasteiger partial charge on any atom is -0.364 e. The molecule has 1 N–H and O–H groups in total. The second-order valence-corrected chi connectivity index (χ2v) is 4.24. The van der Waals surface area contributed by atoms with Crippen molar-refractivity contribution in [2.24, 2.45) is 0 Å². The van der Waals surface area contributed by atoms with Crippen LogP contribution in [0.25, 0.3) is 0 Å². The van der Waals surface area contributed by atoms with Crippen molar-refractivity contribution < 1.29 is 4.79 Å². The van der Waals surface area contributed by atoms with Crippen LogP contribution in [0.3, 0.4) is 0 Å². The molecule has 1 fully saturated rings. The van der Waals surface area contributed by atoms with Gasteiger partial charge in [-0.15, -0.1) is 10.2 Å². The first-order valence-corrected chi connectivity index (χ1v) is 6.01. The van der Waals surface area contributed by atoms with E-state index in [1.54, 1.807) is 12.1 Å². The molecule has 1 aliphatic heterocycles. The number of amides is 1. The summed E-state index contributed by atoms with van der Waals surface area (Å²) in [5.41, 5.74) is 0.301. The molecule has 0 spiro atoms. The maximum Gasteiger partial charge on any atom is 0.222 e. The molecule has 0 aromatic carbocycles. The number of carbonyl (C=O) groups is 1. The summed E-state index contributed by atoms with van der Waals surface area (Å²) in [6.45, 7) is 3.36. The molecular formula is C12H15N5O. The molecule has 1 saturated heterocycles. The standard InChI is InChI=1S/C12H15N5O/c1-2-12(18)17-6-5-10(8-17)14-11-4-3-9(7-13)15-16-11/h3-4,10H,2,5-6,8H2,1H3,(H,14,16). The average Bonchev–Trinajstić information content (AvgIpc) is 2.87. The summed E-state index contributed by atoms with van der Waals surface area (Å²) >= 11 is 0. The third-order valence-electron chi connectivity index (χ3n) is 2.97. The molecule has 2 heterocycles. The van der Waals surface area contributed by atoms with Crippen molar-refractivity contribution in [3.8, 4) is 6.07 Å². The zero-order chi connectivity index (χ0) is 13.0. The van der Waals surface area contributed by atoms with Crippen LogP contribution >= 0.6 is 0 Å². The highest BCUT2D eigenvalue weighted by Gasteiger charge is 2.25. The van der Waals surface area contributed by atoms with Gasteiger partial charge in [-0.05, 0) is 18.6 Å². The van der Waals surface area contributed by atoms with Crippen LogP contribution in [0.2, 0.25) is 0 Å². The van der Waals surface area contributed by atoms with E-state index in [0.29, 0.717) is 24.5 Å². The van der Waals surface area contributed by atoms with Gasteiger partial charge in [0, 0.05) is 25.6 Å². The monoisotopic (exact) mass is 245 g/mol. The summed E-state index contributed by atoms with van der Waals surface area (Å²) in [4.78, 5) is 13.4. The van der Waals surface area contributed by atoms with Gasteiger partial charge >= 0.3 is 0 Å². The SMILES string of the molecule is CCC(=O)N1CCC(Nc2ccc(C#N)nn2)C1. The lowest BCUT2D eigenvalue weighted by Crippen LogP contribution is -2.31. The van der Waals surface area contributed by atoms with Crippen molar-refractivity contribution >= 4 is 11.7 Å². The highest BCUT2D eigenvalue weighted by molar-refractivity contribution is 5.76. The Labute approximate surface area is 106 Å². The first kappa shape index (κ1) is 12.3. The van der Waals surface area contributed by atoms with Crippen molar-refractivity contribution in [2.45, 2.75) is 25.8 Å². The van der Waals surface area contributed by atoms with Gasteiger partial charge < -0.3 is 10.2 Å². The predicted molar refractivity (Wildman–Crippen MR) is 65.6 cm³/mol. The molecule has 18 heavy (non-hydrogen) atoms. The Balaban J connectivity index is 1.91. The molecular weight excluding hydrogens is 230 g/mol. The maximum absolute atomic E-state index is 11.5. The number of likely N-dealkylation sites (tertiary alicyclic amines) is 1. The number of anilines is 1. The van der Waals surface area contributed by atoms with E-state index in [1.165, 1.54) is 0 Å². The normalized spacial score (nSPS) is 18.4. The summed E-state index contributed by atoms with van der Waals surface area (Å²) in [7, 11) is 0. The van der Waals surface area contributed by atoms with Crippen LogP contribution in [-0.2, 0) is 4.79 Å². The average molecular weight is 245 g/mol. The van der Waals surface area contributed by atoms with Gasteiger partial charge in [-0.25, -0.2) is 0 Å². The van der Waals surface area contributed by atoms with Gasteiger partial charge in [0.25, 0.3) is 0 Å². The van der Waals surface area contributed by atoms with Crippen molar-refractivity contribution in [1.82, 2.24) is 15.1 Å². The molecule has 0 aliphatic carbocycles. The van der Waals surface area contributed by atoms with Gasteiger partial charge in [0.05, 0.1) is 0 Å². The Kier molecular flexibility index (Phi) is 3.72. The van der Waals surface area contributed by atoms with Crippen LogP contribution in [0, 0.1) is 11.3 Å². The number of carbonyl (C=O) groups excluding carboxylic acids is 1. The quantitative estimate of drug-likeness (QED) is 0.850. The van der Waals surface area contributed by atoms with Gasteiger partial charge in [-0.1, -0.05) is 6.92 Å². The smallest absolute Gasteiger partial charge is 0.222 e. The van der Waals surface area contributed by atoms with E-state index in [2.05, 4.69) is 15.5 Å². The Hall–Kier alpha value is -2.16. The molecule has 1 aliphatic rings.